The van der Waals surface area contributed by atoms with E-state index in [4.69, 9.17) is 11.6 Å². The predicted octanol–water partition coefficient (Wildman–Crippen LogP) is 4.59. The van der Waals surface area contributed by atoms with Crippen molar-refractivity contribution in [3.63, 3.8) is 0 Å². The summed E-state index contributed by atoms with van der Waals surface area (Å²) in [5.74, 6) is -0.812. The molecule has 4 rings (SSSR count). The first-order valence-corrected chi connectivity index (χ1v) is 12.8. The summed E-state index contributed by atoms with van der Waals surface area (Å²) < 4.78 is 64.2. The number of halogens is 4. The molecule has 1 amide bonds. The molecule has 2 atom stereocenters. The largest absolute Gasteiger partial charge is 0.416 e. The second-order valence-corrected chi connectivity index (χ2v) is 11.4. The summed E-state index contributed by atoms with van der Waals surface area (Å²) in [5, 5.41) is -0.242. The zero-order valence-electron chi connectivity index (χ0n) is 16.5. The summed E-state index contributed by atoms with van der Waals surface area (Å²) in [6, 6.07) is 11.6. The SMILES string of the molecule is O=C(CCc1ccccc1)N=C1S[C@@H]2CS(=O)(=O)C[C@@H]2N1c1cc(C(F)(F)F)ccc1Cl. The summed E-state index contributed by atoms with van der Waals surface area (Å²) in [6.07, 6.45) is -4.02. The zero-order valence-corrected chi connectivity index (χ0v) is 18.9. The number of alkyl halides is 3. The first-order chi connectivity index (χ1) is 15.0. The summed E-state index contributed by atoms with van der Waals surface area (Å²) in [5.41, 5.74) is 0.0371. The molecule has 2 saturated heterocycles. The highest BCUT2D eigenvalue weighted by molar-refractivity contribution is 8.16. The number of hydrogen-bond donors (Lipinski definition) is 0. The van der Waals surface area contributed by atoms with Crippen LogP contribution in [-0.2, 0) is 27.2 Å². The number of fused-ring (bicyclic) bond motifs is 1. The first kappa shape index (κ1) is 23.1. The van der Waals surface area contributed by atoms with E-state index >= 15 is 0 Å². The maximum absolute atomic E-state index is 13.3. The van der Waals surface area contributed by atoms with Crippen molar-refractivity contribution in [2.24, 2.45) is 4.99 Å². The predicted molar refractivity (Wildman–Crippen MR) is 120 cm³/mol. The van der Waals surface area contributed by atoms with Crippen molar-refractivity contribution in [1.82, 2.24) is 0 Å². The number of amidine groups is 1. The van der Waals surface area contributed by atoms with Gasteiger partial charge in [-0.1, -0.05) is 53.7 Å². The van der Waals surface area contributed by atoms with E-state index in [0.29, 0.717) is 6.42 Å². The Morgan fingerprint density at radius 1 is 1.16 bits per heavy atom. The van der Waals surface area contributed by atoms with Crippen LogP contribution in [0.2, 0.25) is 5.02 Å². The molecule has 0 unspecified atom stereocenters. The Bertz CT molecular complexity index is 1170. The van der Waals surface area contributed by atoms with E-state index in [1.54, 1.807) is 0 Å². The lowest BCUT2D eigenvalue weighted by molar-refractivity contribution is -0.137. The number of carbonyl (C=O) groups excluding carboxylic acids is 1. The van der Waals surface area contributed by atoms with Crippen LogP contribution in [0, 0.1) is 0 Å². The van der Waals surface area contributed by atoms with E-state index < -0.39 is 38.8 Å². The lowest BCUT2D eigenvalue weighted by Crippen LogP contribution is -2.38. The number of hydrogen-bond acceptors (Lipinski definition) is 4. The second-order valence-electron chi connectivity index (χ2n) is 7.61. The van der Waals surface area contributed by atoms with Gasteiger partial charge in [0.1, 0.15) is 0 Å². The van der Waals surface area contributed by atoms with Gasteiger partial charge in [-0.2, -0.15) is 18.2 Å². The third-order valence-corrected chi connectivity index (χ3v) is 8.82. The highest BCUT2D eigenvalue weighted by Crippen LogP contribution is 2.44. The normalized spacial score (nSPS) is 23.5. The molecule has 2 aromatic carbocycles. The molecule has 2 aromatic rings. The highest BCUT2D eigenvalue weighted by Gasteiger charge is 2.50. The van der Waals surface area contributed by atoms with E-state index in [-0.39, 0.29) is 33.8 Å². The number of aliphatic imine (C=N–C) groups is 1. The van der Waals surface area contributed by atoms with Crippen molar-refractivity contribution in [2.75, 3.05) is 16.4 Å². The molecule has 0 aromatic heterocycles. The number of rotatable bonds is 4. The Morgan fingerprint density at radius 3 is 2.56 bits per heavy atom. The molecule has 0 spiro atoms. The quantitative estimate of drug-likeness (QED) is 0.611. The van der Waals surface area contributed by atoms with Crippen LogP contribution in [-0.4, -0.2) is 42.3 Å². The zero-order chi connectivity index (χ0) is 23.1. The van der Waals surface area contributed by atoms with Crippen LogP contribution >= 0.6 is 23.4 Å². The van der Waals surface area contributed by atoms with Gasteiger partial charge in [-0.05, 0) is 30.2 Å². The maximum atomic E-state index is 13.3. The third kappa shape index (κ3) is 4.97. The summed E-state index contributed by atoms with van der Waals surface area (Å²) in [6.45, 7) is 0. The van der Waals surface area contributed by atoms with Crippen LogP contribution < -0.4 is 4.90 Å². The van der Waals surface area contributed by atoms with Crippen molar-refractivity contribution < 1.29 is 26.4 Å². The van der Waals surface area contributed by atoms with Crippen molar-refractivity contribution >= 4 is 50.0 Å². The molecule has 0 aliphatic carbocycles. The lowest BCUT2D eigenvalue weighted by Gasteiger charge is -2.26. The molecule has 32 heavy (non-hydrogen) atoms. The Labute approximate surface area is 192 Å². The topological polar surface area (TPSA) is 66.8 Å². The van der Waals surface area contributed by atoms with Crippen molar-refractivity contribution in [1.29, 1.82) is 0 Å². The Balaban J connectivity index is 1.66. The van der Waals surface area contributed by atoms with Gasteiger partial charge in [-0.25, -0.2) is 8.42 Å². The molecule has 0 radical (unpaired) electrons. The van der Waals surface area contributed by atoms with Crippen molar-refractivity contribution in [3.05, 3.63) is 64.7 Å². The molecule has 5 nitrogen and oxygen atoms in total. The van der Waals surface area contributed by atoms with Gasteiger partial charge in [-0.3, -0.25) is 4.79 Å². The van der Waals surface area contributed by atoms with Gasteiger partial charge in [0, 0.05) is 11.7 Å². The molecule has 2 fully saturated rings. The Hall–Kier alpha value is -2.04. The van der Waals surface area contributed by atoms with E-state index in [1.165, 1.54) is 4.90 Å². The molecular formula is C21H18ClF3N2O3S2. The van der Waals surface area contributed by atoms with Crippen molar-refractivity contribution in [2.45, 2.75) is 30.3 Å². The fraction of sp³-hybridized carbons (Fsp3) is 0.333. The molecule has 2 aliphatic rings. The van der Waals surface area contributed by atoms with Gasteiger partial charge in [0.05, 0.1) is 33.8 Å². The van der Waals surface area contributed by atoms with E-state index in [0.717, 1.165) is 35.5 Å². The van der Waals surface area contributed by atoms with Crippen LogP contribution in [0.1, 0.15) is 17.5 Å². The number of benzene rings is 2. The Kier molecular flexibility index (Phi) is 6.30. The van der Waals surface area contributed by atoms with Gasteiger partial charge in [0.2, 0.25) is 5.91 Å². The maximum Gasteiger partial charge on any atom is 0.416 e. The van der Waals surface area contributed by atoms with Crippen LogP contribution in [0.5, 0.6) is 0 Å². The first-order valence-electron chi connectivity index (χ1n) is 9.72. The van der Waals surface area contributed by atoms with E-state index in [2.05, 4.69) is 4.99 Å². The van der Waals surface area contributed by atoms with Crippen LogP contribution in [0.4, 0.5) is 18.9 Å². The molecule has 2 aliphatic heterocycles. The second kappa shape index (κ2) is 8.72. The lowest BCUT2D eigenvalue weighted by atomic mass is 10.1. The highest BCUT2D eigenvalue weighted by atomic mass is 35.5. The number of anilines is 1. The monoisotopic (exact) mass is 502 g/mol. The van der Waals surface area contributed by atoms with Crippen LogP contribution in [0.3, 0.4) is 0 Å². The van der Waals surface area contributed by atoms with E-state index in [9.17, 15) is 26.4 Å². The van der Waals surface area contributed by atoms with E-state index in [1.807, 2.05) is 30.3 Å². The number of carbonyl (C=O) groups is 1. The minimum absolute atomic E-state index is 0.00630. The molecule has 0 bridgehead atoms. The molecule has 11 heteroatoms. The molecule has 170 valence electrons. The fourth-order valence-corrected chi connectivity index (χ4v) is 7.91. The fourth-order valence-electron chi connectivity index (χ4n) is 3.78. The Morgan fingerprint density at radius 2 is 1.88 bits per heavy atom. The van der Waals surface area contributed by atoms with Gasteiger partial charge in [0.15, 0.2) is 15.0 Å². The van der Waals surface area contributed by atoms with Gasteiger partial charge in [-0.15, -0.1) is 0 Å². The van der Waals surface area contributed by atoms with Gasteiger partial charge in [0.25, 0.3) is 0 Å². The van der Waals surface area contributed by atoms with Crippen molar-refractivity contribution in [3.8, 4) is 0 Å². The number of sulfone groups is 1. The number of amides is 1. The van der Waals surface area contributed by atoms with Gasteiger partial charge >= 0.3 is 6.18 Å². The molecule has 0 N–H and O–H groups in total. The number of aryl methyl sites for hydroxylation is 1. The number of thioether (sulfide) groups is 1. The average molecular weight is 503 g/mol. The number of nitrogens with zero attached hydrogens (tertiary/aromatic N) is 2. The minimum Gasteiger partial charge on any atom is -0.314 e. The third-order valence-electron chi connectivity index (χ3n) is 5.29. The smallest absolute Gasteiger partial charge is 0.314 e. The standard InChI is InChI=1S/C21H18ClF3N2O3S2/c22-15-8-7-14(21(23,24)25)10-16(15)27-17-11-32(29,30)12-18(17)31-20(27)26-19(28)9-6-13-4-2-1-3-5-13/h1-5,7-8,10,17-18H,6,9,11-12H2/t17-,18+/m0/s1. The minimum atomic E-state index is -4.60. The molecule has 0 saturated carbocycles. The van der Waals surface area contributed by atoms with Crippen LogP contribution in [0.15, 0.2) is 53.5 Å². The summed E-state index contributed by atoms with van der Waals surface area (Å²) >= 11 is 7.32. The molecule has 2 heterocycles. The summed E-state index contributed by atoms with van der Waals surface area (Å²) in [7, 11) is -3.36. The molecular weight excluding hydrogens is 485 g/mol. The average Bonchev–Trinajstić information content (AvgIpc) is 3.17. The van der Waals surface area contributed by atoms with Gasteiger partial charge < -0.3 is 4.90 Å². The summed E-state index contributed by atoms with van der Waals surface area (Å²) in [4.78, 5) is 18.1. The van der Waals surface area contributed by atoms with Crippen LogP contribution in [0.25, 0.3) is 0 Å².